The van der Waals surface area contributed by atoms with E-state index >= 15 is 0 Å². The van der Waals surface area contributed by atoms with Gasteiger partial charge in [-0.05, 0) is 13.3 Å². The number of aliphatic carboxylic acids is 2. The molecular weight excluding hydrogens is 245 g/mol. The molecule has 0 saturated carbocycles. The molecule has 6 heteroatoms. The van der Waals surface area contributed by atoms with Crippen LogP contribution in [0.15, 0.2) is 0 Å². The molecule has 0 aromatic carbocycles. The van der Waals surface area contributed by atoms with Gasteiger partial charge in [0.1, 0.15) is 0 Å². The zero-order chi connectivity index (χ0) is 7.86. The maximum atomic E-state index is 9.26. The molecule has 0 spiro atoms. The van der Waals surface area contributed by atoms with Gasteiger partial charge in [-0.1, -0.05) is 6.92 Å². The van der Waals surface area contributed by atoms with Crippen LogP contribution in [0.4, 0.5) is 0 Å². The van der Waals surface area contributed by atoms with Crippen LogP contribution in [0.2, 0.25) is 0 Å². The molecule has 0 aliphatic rings. The summed E-state index contributed by atoms with van der Waals surface area (Å²) in [7, 11) is 0. The maximum absolute atomic E-state index is 9.26. The second-order valence-electron chi connectivity index (χ2n) is 1.22. The molecule has 0 amide bonds. The minimum absolute atomic E-state index is 0. The Balaban J connectivity index is -0.0000000383. The second kappa shape index (κ2) is 16.6. The van der Waals surface area contributed by atoms with E-state index in [0.717, 1.165) is 6.92 Å². The first kappa shape index (κ1) is 22.5. The van der Waals surface area contributed by atoms with Crippen LogP contribution in [0.5, 0.6) is 0 Å². The quantitative estimate of drug-likeness (QED) is 0.501. The average molecular weight is 253 g/mol. The molecule has 11 heavy (non-hydrogen) atoms. The van der Waals surface area contributed by atoms with Gasteiger partial charge in [-0.3, -0.25) is 0 Å². The fourth-order valence-electron chi connectivity index (χ4n) is 0. The summed E-state index contributed by atoms with van der Waals surface area (Å²) in [5, 5.41) is 18.1. The Labute approximate surface area is 88.6 Å². The van der Waals surface area contributed by atoms with E-state index < -0.39 is 11.9 Å². The van der Waals surface area contributed by atoms with E-state index in [0.29, 0.717) is 0 Å². The predicted octanol–water partition coefficient (Wildman–Crippen LogP) is -2.10. The van der Waals surface area contributed by atoms with Crippen molar-refractivity contribution < 1.29 is 56.3 Å². The molecule has 0 rings (SSSR count). The van der Waals surface area contributed by atoms with Crippen LogP contribution in [-0.4, -0.2) is 11.9 Å². The Bertz CT molecular complexity index is 103. The number of carboxylic acids is 2. The van der Waals surface area contributed by atoms with E-state index in [1.54, 1.807) is 0 Å². The molecule has 0 radical (unpaired) electrons. The summed E-state index contributed by atoms with van der Waals surface area (Å²) in [6.07, 6.45) is 0.111. The molecule has 0 N–H and O–H groups in total. The minimum atomic E-state index is -1.08. The molecule has 0 fully saturated rings. The van der Waals surface area contributed by atoms with Crippen molar-refractivity contribution in [3.8, 4) is 0 Å². The number of carbonyl (C=O) groups is 2. The third-order valence-corrected chi connectivity index (χ3v) is 0.289. The Morgan fingerprint density at radius 1 is 1.27 bits per heavy atom. The second-order valence-corrected chi connectivity index (χ2v) is 1.22. The molecule has 0 aliphatic carbocycles. The molecule has 0 unspecified atom stereocenters. The van der Waals surface area contributed by atoms with E-state index in [9.17, 15) is 9.90 Å². The molecule has 0 atom stereocenters. The first-order valence-electron chi connectivity index (χ1n) is 2.38. The number of hydrogen-bond donors (Lipinski definition) is 0. The van der Waals surface area contributed by atoms with Crippen molar-refractivity contribution >= 4 is 11.9 Å². The standard InChI is InChI=1S/C3H6O2.C2H4O2.Fe.Zn/c1-2-3(4)5;1-2(3)4;;/h2H2,1H3,(H,4,5);1H3,(H,3,4);;/q;;+2;/p-2. The fraction of sp³-hybridized carbons (Fsp3) is 0.600. The number of carbonyl (C=O) groups excluding carboxylic acids is 2. The molecule has 0 aromatic heterocycles. The van der Waals surface area contributed by atoms with Crippen LogP contribution < -0.4 is 10.2 Å². The monoisotopic (exact) mass is 252 g/mol. The first-order chi connectivity index (χ1) is 4.00. The molecular formula is C5H8FeO4Zn. The Morgan fingerprint density at radius 3 is 1.36 bits per heavy atom. The van der Waals surface area contributed by atoms with Crippen LogP contribution >= 0.6 is 0 Å². The largest absolute Gasteiger partial charge is 2.00 e. The Kier molecular flexibility index (Phi) is 33.9. The molecule has 0 aromatic rings. The van der Waals surface area contributed by atoms with Crippen molar-refractivity contribution in [2.75, 3.05) is 0 Å². The van der Waals surface area contributed by atoms with Crippen molar-refractivity contribution in [1.82, 2.24) is 0 Å². The molecule has 0 heterocycles. The first-order valence-corrected chi connectivity index (χ1v) is 2.38. The van der Waals surface area contributed by atoms with Crippen LogP contribution in [0, 0.1) is 0 Å². The van der Waals surface area contributed by atoms with Gasteiger partial charge in [0.15, 0.2) is 0 Å². The van der Waals surface area contributed by atoms with Crippen molar-refractivity contribution in [3.63, 3.8) is 0 Å². The molecule has 4 nitrogen and oxygen atoms in total. The predicted molar refractivity (Wildman–Crippen MR) is 26.0 cm³/mol. The van der Waals surface area contributed by atoms with Gasteiger partial charge >= 0.3 is 17.1 Å². The number of carboxylic acid groups (broad SMARTS) is 2. The van der Waals surface area contributed by atoms with Crippen LogP contribution in [0.1, 0.15) is 20.3 Å². The summed E-state index contributed by atoms with van der Waals surface area (Å²) in [5.41, 5.74) is 0. The summed E-state index contributed by atoms with van der Waals surface area (Å²) in [5.74, 6) is -2.08. The molecule has 0 aliphatic heterocycles. The normalized spacial score (nSPS) is 5.64. The van der Waals surface area contributed by atoms with Gasteiger partial charge in [0.05, 0.1) is 0 Å². The van der Waals surface area contributed by atoms with E-state index in [1.807, 2.05) is 0 Å². The van der Waals surface area contributed by atoms with Crippen LogP contribution in [-0.2, 0) is 46.1 Å². The summed E-state index contributed by atoms with van der Waals surface area (Å²) in [6, 6.07) is 0. The van der Waals surface area contributed by atoms with E-state index in [4.69, 9.17) is 9.90 Å². The smallest absolute Gasteiger partial charge is 0.550 e. The van der Waals surface area contributed by atoms with Gasteiger partial charge in [-0.15, -0.1) is 0 Å². The van der Waals surface area contributed by atoms with Crippen molar-refractivity contribution in [2.24, 2.45) is 0 Å². The molecule has 0 bridgehead atoms. The molecule has 62 valence electrons. The van der Waals surface area contributed by atoms with Crippen molar-refractivity contribution in [2.45, 2.75) is 20.3 Å². The van der Waals surface area contributed by atoms with Gasteiger partial charge in [0.2, 0.25) is 0 Å². The van der Waals surface area contributed by atoms with E-state index in [-0.39, 0.29) is 43.0 Å². The van der Waals surface area contributed by atoms with E-state index in [1.165, 1.54) is 6.92 Å². The van der Waals surface area contributed by atoms with E-state index in [2.05, 4.69) is 0 Å². The number of rotatable bonds is 1. The Morgan fingerprint density at radius 2 is 1.36 bits per heavy atom. The van der Waals surface area contributed by atoms with Gasteiger partial charge in [-0.2, -0.15) is 0 Å². The van der Waals surface area contributed by atoms with Crippen molar-refractivity contribution in [1.29, 1.82) is 0 Å². The number of hydrogen-bond acceptors (Lipinski definition) is 4. The van der Waals surface area contributed by atoms with Crippen LogP contribution in [0.3, 0.4) is 0 Å². The topological polar surface area (TPSA) is 80.3 Å². The van der Waals surface area contributed by atoms with Gasteiger partial charge < -0.3 is 19.8 Å². The Hall–Kier alpha value is 0.0829. The SMILES string of the molecule is CC(=O)[O-].CCC(=O)[O-].[Fe+2].[Zn]. The van der Waals surface area contributed by atoms with Gasteiger partial charge in [-0.25, -0.2) is 0 Å². The zero-order valence-electron chi connectivity index (χ0n) is 6.40. The summed E-state index contributed by atoms with van der Waals surface area (Å²) < 4.78 is 0. The summed E-state index contributed by atoms with van der Waals surface area (Å²) >= 11 is 0. The summed E-state index contributed by atoms with van der Waals surface area (Å²) in [4.78, 5) is 18.1. The minimum Gasteiger partial charge on any atom is -0.550 e. The van der Waals surface area contributed by atoms with Crippen LogP contribution in [0.25, 0.3) is 0 Å². The zero-order valence-corrected chi connectivity index (χ0v) is 10.5. The van der Waals surface area contributed by atoms with Crippen molar-refractivity contribution in [3.05, 3.63) is 0 Å². The van der Waals surface area contributed by atoms with Gasteiger partial charge in [0.25, 0.3) is 0 Å². The maximum Gasteiger partial charge on any atom is 2.00 e. The third kappa shape index (κ3) is 152. The fourth-order valence-corrected chi connectivity index (χ4v) is 0. The summed E-state index contributed by atoms with van der Waals surface area (Å²) in [6.45, 7) is 2.51. The average Bonchev–Trinajstić information content (AvgIpc) is 1.65. The third-order valence-electron chi connectivity index (χ3n) is 0.289. The van der Waals surface area contributed by atoms with Gasteiger partial charge in [0, 0.05) is 31.4 Å². The molecule has 0 saturated heterocycles.